The average molecular weight is 407 g/mol. The lowest BCUT2D eigenvalue weighted by Crippen LogP contribution is -2.56. The lowest BCUT2D eigenvalue weighted by atomic mass is 9.90. The summed E-state index contributed by atoms with van der Waals surface area (Å²) in [5.74, 6) is -3.18. The molecule has 0 saturated carbocycles. The highest BCUT2D eigenvalue weighted by Crippen LogP contribution is 2.16. The van der Waals surface area contributed by atoms with Gasteiger partial charge in [0.05, 0.1) is 6.54 Å². The van der Waals surface area contributed by atoms with Gasteiger partial charge in [-0.1, -0.05) is 32.0 Å². The highest BCUT2D eigenvalue weighted by atomic mass is 16.5. The van der Waals surface area contributed by atoms with Crippen molar-refractivity contribution >= 4 is 23.6 Å². The number of ether oxygens (including phenoxy) is 1. The number of benzene rings is 1. The van der Waals surface area contributed by atoms with E-state index in [1.807, 2.05) is 18.2 Å². The van der Waals surface area contributed by atoms with Crippen molar-refractivity contribution in [3.63, 3.8) is 0 Å². The number of carboxylic acid groups (broad SMARTS) is 1. The Morgan fingerprint density at radius 3 is 2.28 bits per heavy atom. The van der Waals surface area contributed by atoms with Crippen molar-refractivity contribution in [3.05, 3.63) is 30.3 Å². The zero-order valence-electron chi connectivity index (χ0n) is 16.9. The number of nitrogens with two attached hydrogens (primary N) is 1. The molecule has 9 heteroatoms. The SMILES string of the molecule is CC(=O)C(NC(=O)C(CC(=O)NCCOc1ccccc1)C(C)C)C(N)C(=O)O. The first-order chi connectivity index (χ1) is 13.6. The van der Waals surface area contributed by atoms with Crippen molar-refractivity contribution in [2.75, 3.05) is 13.2 Å². The molecule has 1 aromatic carbocycles. The Labute approximate surface area is 170 Å². The van der Waals surface area contributed by atoms with Crippen molar-refractivity contribution in [1.82, 2.24) is 10.6 Å². The Hall–Kier alpha value is -2.94. The van der Waals surface area contributed by atoms with Gasteiger partial charge in [0.25, 0.3) is 0 Å². The van der Waals surface area contributed by atoms with Crippen molar-refractivity contribution in [2.45, 2.75) is 39.3 Å². The van der Waals surface area contributed by atoms with Crippen LogP contribution in [0.15, 0.2) is 30.3 Å². The van der Waals surface area contributed by atoms with Gasteiger partial charge in [0, 0.05) is 12.3 Å². The first-order valence-electron chi connectivity index (χ1n) is 9.37. The fraction of sp³-hybridized carbons (Fsp3) is 0.500. The molecule has 0 saturated heterocycles. The summed E-state index contributed by atoms with van der Waals surface area (Å²) >= 11 is 0. The highest BCUT2D eigenvalue weighted by Gasteiger charge is 2.33. The normalized spacial score (nSPS) is 13.8. The average Bonchev–Trinajstić information content (AvgIpc) is 2.67. The number of aliphatic carboxylic acids is 1. The van der Waals surface area contributed by atoms with E-state index in [0.29, 0.717) is 5.75 Å². The molecule has 9 nitrogen and oxygen atoms in total. The monoisotopic (exact) mass is 407 g/mol. The molecule has 0 aromatic heterocycles. The van der Waals surface area contributed by atoms with Crippen LogP contribution in [0.5, 0.6) is 5.75 Å². The molecule has 0 bridgehead atoms. The molecule has 0 aliphatic heterocycles. The molecule has 0 aliphatic carbocycles. The van der Waals surface area contributed by atoms with E-state index in [0.717, 1.165) is 6.92 Å². The molecule has 0 aliphatic rings. The highest BCUT2D eigenvalue weighted by molar-refractivity contribution is 5.94. The molecule has 160 valence electrons. The summed E-state index contributed by atoms with van der Waals surface area (Å²) < 4.78 is 5.48. The number of carbonyl (C=O) groups excluding carboxylic acids is 3. The molecule has 1 aromatic rings. The number of carboxylic acids is 1. The number of para-hydroxylation sites is 1. The lowest BCUT2D eigenvalue weighted by Gasteiger charge is -2.25. The molecule has 3 unspecified atom stereocenters. The van der Waals surface area contributed by atoms with Gasteiger partial charge in [0.2, 0.25) is 11.8 Å². The molecule has 0 radical (unpaired) electrons. The predicted molar refractivity (Wildman–Crippen MR) is 106 cm³/mol. The standard InChI is InChI=1S/C20H29N3O6/c1-12(2)15(19(26)23-18(13(3)24)17(21)20(27)28)11-16(25)22-9-10-29-14-7-5-4-6-8-14/h4-8,12,15,17-18H,9-11,21H2,1-3H3,(H,22,25)(H,23,26)(H,27,28). The van der Waals surface area contributed by atoms with Gasteiger partial charge in [-0.3, -0.25) is 19.2 Å². The number of nitrogens with one attached hydrogen (secondary N) is 2. The second-order valence-corrected chi connectivity index (χ2v) is 7.03. The maximum absolute atomic E-state index is 12.6. The number of amides is 2. The first kappa shape index (κ1) is 24.1. The van der Waals surface area contributed by atoms with Crippen molar-refractivity contribution in [3.8, 4) is 5.75 Å². The van der Waals surface area contributed by atoms with Crippen LogP contribution in [0.25, 0.3) is 0 Å². The van der Waals surface area contributed by atoms with E-state index in [1.54, 1.807) is 26.0 Å². The predicted octanol–water partition coefficient (Wildman–Crippen LogP) is 0.330. The molecular formula is C20H29N3O6. The van der Waals surface area contributed by atoms with Gasteiger partial charge in [-0.25, -0.2) is 0 Å². The number of hydrogen-bond donors (Lipinski definition) is 4. The third kappa shape index (κ3) is 8.30. The van der Waals surface area contributed by atoms with Crippen LogP contribution in [0, 0.1) is 11.8 Å². The van der Waals surface area contributed by atoms with Crippen LogP contribution < -0.4 is 21.1 Å². The molecule has 1 rings (SSSR count). The third-order valence-electron chi connectivity index (χ3n) is 4.36. The van der Waals surface area contributed by atoms with Gasteiger partial charge >= 0.3 is 5.97 Å². The summed E-state index contributed by atoms with van der Waals surface area (Å²) in [6.07, 6.45) is -0.109. The Morgan fingerprint density at radius 1 is 1.14 bits per heavy atom. The Balaban J connectivity index is 2.57. The fourth-order valence-corrected chi connectivity index (χ4v) is 2.63. The second-order valence-electron chi connectivity index (χ2n) is 7.03. The van der Waals surface area contributed by atoms with Crippen LogP contribution >= 0.6 is 0 Å². The van der Waals surface area contributed by atoms with Gasteiger partial charge < -0.3 is 26.2 Å². The van der Waals surface area contributed by atoms with E-state index >= 15 is 0 Å². The van der Waals surface area contributed by atoms with Crippen LogP contribution in [0.3, 0.4) is 0 Å². The summed E-state index contributed by atoms with van der Waals surface area (Å²) in [5, 5.41) is 14.1. The van der Waals surface area contributed by atoms with Crippen LogP contribution in [-0.4, -0.2) is 53.9 Å². The van der Waals surface area contributed by atoms with E-state index in [2.05, 4.69) is 10.6 Å². The molecule has 0 heterocycles. The fourth-order valence-electron chi connectivity index (χ4n) is 2.63. The first-order valence-corrected chi connectivity index (χ1v) is 9.37. The molecule has 2 amide bonds. The summed E-state index contributed by atoms with van der Waals surface area (Å²) in [4.78, 5) is 47.5. The topological polar surface area (TPSA) is 148 Å². The minimum atomic E-state index is -1.56. The van der Waals surface area contributed by atoms with E-state index in [4.69, 9.17) is 15.6 Å². The molecular weight excluding hydrogens is 378 g/mol. The Bertz CT molecular complexity index is 707. The Kier molecular flexibility index (Phi) is 9.81. The Morgan fingerprint density at radius 2 is 1.76 bits per heavy atom. The van der Waals surface area contributed by atoms with Crippen molar-refractivity contribution in [2.24, 2.45) is 17.6 Å². The van der Waals surface area contributed by atoms with Crippen molar-refractivity contribution in [1.29, 1.82) is 0 Å². The molecule has 5 N–H and O–H groups in total. The van der Waals surface area contributed by atoms with Gasteiger partial charge in [0.15, 0.2) is 5.78 Å². The summed E-state index contributed by atoms with van der Waals surface area (Å²) in [6.45, 7) is 5.21. The summed E-state index contributed by atoms with van der Waals surface area (Å²) in [7, 11) is 0. The smallest absolute Gasteiger partial charge is 0.323 e. The maximum Gasteiger partial charge on any atom is 0.323 e. The molecule has 3 atom stereocenters. The van der Waals surface area contributed by atoms with Gasteiger partial charge in [0.1, 0.15) is 24.4 Å². The van der Waals surface area contributed by atoms with Crippen LogP contribution in [0.1, 0.15) is 27.2 Å². The van der Waals surface area contributed by atoms with Crippen LogP contribution in [0.4, 0.5) is 0 Å². The van der Waals surface area contributed by atoms with Gasteiger partial charge in [-0.15, -0.1) is 0 Å². The quantitative estimate of drug-likeness (QED) is 0.365. The van der Waals surface area contributed by atoms with E-state index < -0.39 is 35.7 Å². The molecule has 0 spiro atoms. The number of hydrogen-bond acceptors (Lipinski definition) is 6. The second kappa shape index (κ2) is 11.8. The number of Topliss-reactive ketones (excluding diaryl/α,β-unsaturated/α-hetero) is 1. The molecule has 0 fully saturated rings. The van der Waals surface area contributed by atoms with Crippen LogP contribution in [0.2, 0.25) is 0 Å². The molecule has 29 heavy (non-hydrogen) atoms. The zero-order chi connectivity index (χ0) is 22.0. The number of carbonyl (C=O) groups is 4. The third-order valence-corrected chi connectivity index (χ3v) is 4.36. The number of ketones is 1. The zero-order valence-corrected chi connectivity index (χ0v) is 16.9. The van der Waals surface area contributed by atoms with E-state index in [9.17, 15) is 19.2 Å². The lowest BCUT2D eigenvalue weighted by molar-refractivity contribution is -0.142. The van der Waals surface area contributed by atoms with E-state index in [-0.39, 0.29) is 31.4 Å². The van der Waals surface area contributed by atoms with Gasteiger partial charge in [-0.2, -0.15) is 0 Å². The summed E-state index contributed by atoms with van der Waals surface area (Å²) in [6, 6.07) is 6.22. The minimum Gasteiger partial charge on any atom is -0.492 e. The number of rotatable bonds is 12. The van der Waals surface area contributed by atoms with Crippen molar-refractivity contribution < 1.29 is 29.0 Å². The van der Waals surface area contributed by atoms with E-state index in [1.165, 1.54) is 0 Å². The van der Waals surface area contributed by atoms with Crippen LogP contribution in [-0.2, 0) is 19.2 Å². The largest absolute Gasteiger partial charge is 0.492 e. The maximum atomic E-state index is 12.6. The minimum absolute atomic E-state index is 0.109. The summed E-state index contributed by atoms with van der Waals surface area (Å²) in [5.41, 5.74) is 5.49. The van der Waals surface area contributed by atoms with Gasteiger partial charge in [-0.05, 0) is 25.0 Å².